The molecule has 3 heterocycles. The number of carboxylic acids is 1. The van der Waals surface area contributed by atoms with Crippen LogP contribution in [0, 0.1) is 0 Å². The van der Waals surface area contributed by atoms with E-state index in [1.165, 1.54) is 18.2 Å². The Labute approximate surface area is 200 Å². The van der Waals surface area contributed by atoms with E-state index in [0.29, 0.717) is 27.2 Å². The molecular formula is C23H20ClN3O5S. The van der Waals surface area contributed by atoms with Crippen molar-refractivity contribution >= 4 is 40.9 Å². The van der Waals surface area contributed by atoms with Gasteiger partial charge in [-0.1, -0.05) is 17.7 Å². The van der Waals surface area contributed by atoms with Gasteiger partial charge in [-0.15, -0.1) is 0 Å². The van der Waals surface area contributed by atoms with E-state index >= 15 is 0 Å². The van der Waals surface area contributed by atoms with Gasteiger partial charge >= 0.3 is 11.9 Å². The number of hydrogen-bond donors (Lipinski definition) is 2. The van der Waals surface area contributed by atoms with Crippen LogP contribution in [0.15, 0.2) is 59.1 Å². The largest absolute Gasteiger partial charge is 0.478 e. The summed E-state index contributed by atoms with van der Waals surface area (Å²) < 4.78 is 11.3. The number of carbonyl (C=O) groups is 2. The summed E-state index contributed by atoms with van der Waals surface area (Å²) in [5.74, 6) is -0.584. The molecule has 1 saturated heterocycles. The number of pyridine rings is 1. The fourth-order valence-electron chi connectivity index (χ4n) is 3.73. The number of esters is 1. The number of ether oxygens (including phenoxy) is 1. The molecule has 1 fully saturated rings. The van der Waals surface area contributed by atoms with Crippen molar-refractivity contribution in [3.8, 4) is 11.3 Å². The number of nitrogens with one attached hydrogen (secondary N) is 1. The molecule has 170 valence electrons. The predicted octanol–water partition coefficient (Wildman–Crippen LogP) is 4.23. The average molecular weight is 486 g/mol. The fourth-order valence-corrected chi connectivity index (χ4v) is 4.25. The number of thiocarbonyl (C=S) groups is 1. The third-order valence-electron chi connectivity index (χ3n) is 5.20. The molecule has 0 bridgehead atoms. The summed E-state index contributed by atoms with van der Waals surface area (Å²) in [6.07, 6.45) is 1.68. The van der Waals surface area contributed by atoms with Gasteiger partial charge in [0.25, 0.3) is 0 Å². The molecule has 1 aliphatic rings. The van der Waals surface area contributed by atoms with Crippen molar-refractivity contribution in [3.63, 3.8) is 0 Å². The minimum Gasteiger partial charge on any atom is -0.478 e. The van der Waals surface area contributed by atoms with Crippen molar-refractivity contribution in [3.05, 3.63) is 76.8 Å². The van der Waals surface area contributed by atoms with E-state index < -0.39 is 18.0 Å². The minimum absolute atomic E-state index is 0.0705. The highest BCUT2D eigenvalue weighted by Crippen LogP contribution is 2.41. The quantitative estimate of drug-likeness (QED) is 0.375. The molecule has 2 N–H and O–H groups in total. The lowest BCUT2D eigenvalue weighted by Crippen LogP contribution is -2.35. The van der Waals surface area contributed by atoms with Gasteiger partial charge in [-0.05, 0) is 61.6 Å². The van der Waals surface area contributed by atoms with E-state index in [1.54, 1.807) is 30.2 Å². The lowest BCUT2D eigenvalue weighted by Gasteiger charge is -2.25. The molecule has 3 aromatic rings. The van der Waals surface area contributed by atoms with E-state index in [-0.39, 0.29) is 24.8 Å². The maximum absolute atomic E-state index is 12.3. The highest BCUT2D eigenvalue weighted by Gasteiger charge is 2.42. The molecule has 0 aliphatic carbocycles. The number of nitrogens with zero attached hydrogens (tertiary/aromatic N) is 2. The Balaban J connectivity index is 1.74. The molecule has 8 nitrogen and oxygen atoms in total. The van der Waals surface area contributed by atoms with Crippen LogP contribution >= 0.6 is 23.8 Å². The molecule has 2 atom stereocenters. The number of halogens is 1. The molecule has 0 unspecified atom stereocenters. The first kappa shape index (κ1) is 22.8. The Morgan fingerprint density at radius 3 is 2.79 bits per heavy atom. The minimum atomic E-state index is -1.07. The standard InChI is InChI=1S/C23H20ClN3O5S/c1-2-31-19(28)12-27-21(20(26-23(27)33)16-5-3-4-10-25-16)18-9-8-17(32-18)14-11-13(22(29)30)6-7-15(14)24/h3-11,20-21H,2,12H2,1H3,(H,26,33)(H,29,30)/t20-,21-/m1/s1. The fraction of sp³-hybridized carbons (Fsp3) is 0.217. The molecule has 10 heteroatoms. The molecule has 0 amide bonds. The second-order valence-corrected chi connectivity index (χ2v) is 8.06. The Hall–Kier alpha value is -3.43. The van der Waals surface area contributed by atoms with Gasteiger partial charge in [-0.3, -0.25) is 9.78 Å². The van der Waals surface area contributed by atoms with Crippen molar-refractivity contribution in [1.82, 2.24) is 15.2 Å². The van der Waals surface area contributed by atoms with Crippen LogP contribution in [0.2, 0.25) is 5.02 Å². The average Bonchev–Trinajstić information content (AvgIpc) is 3.39. The van der Waals surface area contributed by atoms with Gasteiger partial charge in [-0.2, -0.15) is 0 Å². The summed E-state index contributed by atoms with van der Waals surface area (Å²) in [5.41, 5.74) is 1.26. The van der Waals surface area contributed by atoms with Gasteiger partial charge in [0.15, 0.2) is 5.11 Å². The zero-order valence-electron chi connectivity index (χ0n) is 17.5. The van der Waals surface area contributed by atoms with Crippen LogP contribution < -0.4 is 5.32 Å². The third kappa shape index (κ3) is 4.69. The van der Waals surface area contributed by atoms with Crippen molar-refractivity contribution in [2.75, 3.05) is 13.2 Å². The summed E-state index contributed by atoms with van der Waals surface area (Å²) in [6.45, 7) is 1.92. The van der Waals surface area contributed by atoms with E-state index in [1.807, 2.05) is 18.2 Å². The summed E-state index contributed by atoms with van der Waals surface area (Å²) in [4.78, 5) is 29.8. The highest BCUT2D eigenvalue weighted by atomic mass is 35.5. The van der Waals surface area contributed by atoms with Gasteiger partial charge in [-0.25, -0.2) is 4.79 Å². The molecule has 4 rings (SSSR count). The van der Waals surface area contributed by atoms with E-state index in [4.69, 9.17) is 33.0 Å². The lowest BCUT2D eigenvalue weighted by molar-refractivity contribution is -0.143. The predicted molar refractivity (Wildman–Crippen MR) is 125 cm³/mol. The van der Waals surface area contributed by atoms with Crippen LogP contribution in [0.25, 0.3) is 11.3 Å². The monoisotopic (exact) mass is 485 g/mol. The summed E-state index contributed by atoms with van der Waals surface area (Å²) in [7, 11) is 0. The van der Waals surface area contributed by atoms with Crippen LogP contribution in [0.3, 0.4) is 0 Å². The smallest absolute Gasteiger partial charge is 0.335 e. The molecule has 1 aromatic carbocycles. The molecule has 0 saturated carbocycles. The number of aromatic nitrogens is 1. The summed E-state index contributed by atoms with van der Waals surface area (Å²) >= 11 is 11.8. The van der Waals surface area contributed by atoms with Crippen molar-refractivity contribution in [2.24, 2.45) is 0 Å². The van der Waals surface area contributed by atoms with E-state index in [2.05, 4.69) is 10.3 Å². The number of rotatable bonds is 7. The molecule has 33 heavy (non-hydrogen) atoms. The highest BCUT2D eigenvalue weighted by molar-refractivity contribution is 7.80. The first-order valence-corrected chi connectivity index (χ1v) is 10.9. The number of carboxylic acid groups (broad SMARTS) is 1. The first-order valence-electron chi connectivity index (χ1n) is 10.2. The zero-order chi connectivity index (χ0) is 23.5. The van der Waals surface area contributed by atoms with E-state index in [0.717, 1.165) is 5.69 Å². The molecule has 2 aromatic heterocycles. The number of carbonyl (C=O) groups excluding carboxylic acids is 1. The summed E-state index contributed by atoms with van der Waals surface area (Å²) in [6, 6.07) is 12.5. The van der Waals surface area contributed by atoms with Gasteiger partial charge in [0.2, 0.25) is 0 Å². The molecule has 0 radical (unpaired) electrons. The van der Waals surface area contributed by atoms with Gasteiger partial charge < -0.3 is 24.5 Å². The second kappa shape index (κ2) is 9.60. The Morgan fingerprint density at radius 1 is 1.27 bits per heavy atom. The van der Waals surface area contributed by atoms with Crippen molar-refractivity contribution < 1.29 is 23.8 Å². The van der Waals surface area contributed by atoms with Crippen molar-refractivity contribution in [1.29, 1.82) is 0 Å². The van der Waals surface area contributed by atoms with Gasteiger partial charge in [0.1, 0.15) is 24.1 Å². The van der Waals surface area contributed by atoms with Crippen LogP contribution in [-0.2, 0) is 9.53 Å². The van der Waals surface area contributed by atoms with Crippen LogP contribution in [-0.4, -0.2) is 45.2 Å². The third-order valence-corrected chi connectivity index (χ3v) is 5.88. The molecule has 0 spiro atoms. The van der Waals surface area contributed by atoms with E-state index in [9.17, 15) is 14.7 Å². The zero-order valence-corrected chi connectivity index (χ0v) is 19.1. The van der Waals surface area contributed by atoms with Gasteiger partial charge in [0.05, 0.1) is 28.9 Å². The Morgan fingerprint density at radius 2 is 2.09 bits per heavy atom. The normalized spacial score (nSPS) is 17.6. The second-order valence-electron chi connectivity index (χ2n) is 7.26. The van der Waals surface area contributed by atoms with Crippen molar-refractivity contribution in [2.45, 2.75) is 19.0 Å². The topological polar surface area (TPSA) is 105 Å². The maximum atomic E-state index is 12.3. The number of hydrogen-bond acceptors (Lipinski definition) is 6. The molecular weight excluding hydrogens is 466 g/mol. The lowest BCUT2D eigenvalue weighted by atomic mass is 10.0. The molecule has 1 aliphatic heterocycles. The number of aromatic carboxylic acids is 1. The summed E-state index contributed by atoms with van der Waals surface area (Å²) in [5, 5.41) is 13.3. The maximum Gasteiger partial charge on any atom is 0.335 e. The first-order chi connectivity index (χ1) is 15.9. The number of furan rings is 1. The van der Waals surface area contributed by atoms with Crippen LogP contribution in [0.1, 0.15) is 40.8 Å². The van der Waals surface area contributed by atoms with Gasteiger partial charge in [0, 0.05) is 11.8 Å². The Bertz CT molecular complexity index is 1200. The van der Waals surface area contributed by atoms with Crippen LogP contribution in [0.4, 0.5) is 0 Å². The van der Waals surface area contributed by atoms with Crippen LogP contribution in [0.5, 0.6) is 0 Å². The number of benzene rings is 1. The Kier molecular flexibility index (Phi) is 6.62. The SMILES string of the molecule is CCOC(=O)CN1C(=S)N[C@H](c2ccccn2)[C@H]1c1ccc(-c2cc(C(=O)O)ccc2Cl)o1.